The monoisotopic (exact) mass is 290 g/mol. The van der Waals surface area contributed by atoms with Crippen LogP contribution >= 0.6 is 0 Å². The highest BCUT2D eigenvalue weighted by molar-refractivity contribution is 5.82. The smallest absolute Gasteiger partial charge is 0.239 e. The second kappa shape index (κ2) is 7.46. The number of nitrogens with one attached hydrogen (secondary N) is 1. The van der Waals surface area contributed by atoms with Crippen LogP contribution in [0.15, 0.2) is 24.3 Å². The van der Waals surface area contributed by atoms with Crippen molar-refractivity contribution in [1.29, 1.82) is 0 Å². The van der Waals surface area contributed by atoms with Crippen molar-refractivity contribution in [2.24, 2.45) is 11.7 Å². The average molecular weight is 290 g/mol. The lowest BCUT2D eigenvalue weighted by Gasteiger charge is -2.26. The summed E-state index contributed by atoms with van der Waals surface area (Å²) >= 11 is 0. The maximum atomic E-state index is 11.1. The van der Waals surface area contributed by atoms with Gasteiger partial charge in [0.05, 0.1) is 12.7 Å². The van der Waals surface area contributed by atoms with E-state index >= 15 is 0 Å². The SMILES string of the molecule is C[C@@H]1CCC[C@@H](OCc2cccc(N[C@H](C)C(N)=O)c2)C1. The van der Waals surface area contributed by atoms with E-state index in [1.807, 2.05) is 24.3 Å². The van der Waals surface area contributed by atoms with E-state index in [9.17, 15) is 4.79 Å². The Morgan fingerprint density at radius 2 is 2.29 bits per heavy atom. The standard InChI is InChI=1S/C17H26N2O2/c1-12-5-3-8-16(9-12)21-11-14-6-4-7-15(10-14)19-13(2)17(18)20/h4,6-7,10,12-13,16,19H,3,5,8-9,11H2,1-2H3,(H2,18,20)/t12-,13-,16-/m1/s1. The molecule has 1 saturated carbocycles. The molecule has 0 radical (unpaired) electrons. The van der Waals surface area contributed by atoms with Gasteiger partial charge in [-0.05, 0) is 43.4 Å². The highest BCUT2D eigenvalue weighted by Gasteiger charge is 2.19. The molecule has 1 aromatic carbocycles. The van der Waals surface area contributed by atoms with Crippen molar-refractivity contribution >= 4 is 11.6 Å². The summed E-state index contributed by atoms with van der Waals surface area (Å²) in [5.74, 6) is 0.418. The van der Waals surface area contributed by atoms with E-state index in [0.717, 1.165) is 23.6 Å². The molecular formula is C17H26N2O2. The van der Waals surface area contributed by atoms with E-state index < -0.39 is 0 Å². The van der Waals surface area contributed by atoms with Gasteiger partial charge in [-0.3, -0.25) is 4.79 Å². The lowest BCUT2D eigenvalue weighted by atomic mass is 9.89. The van der Waals surface area contributed by atoms with Gasteiger partial charge < -0.3 is 15.8 Å². The molecule has 4 nitrogen and oxygen atoms in total. The van der Waals surface area contributed by atoms with Crippen LogP contribution in [0.4, 0.5) is 5.69 Å². The minimum atomic E-state index is -0.375. The van der Waals surface area contributed by atoms with Gasteiger partial charge in [-0.25, -0.2) is 0 Å². The quantitative estimate of drug-likeness (QED) is 0.846. The van der Waals surface area contributed by atoms with Gasteiger partial charge >= 0.3 is 0 Å². The van der Waals surface area contributed by atoms with Gasteiger partial charge in [-0.1, -0.05) is 31.9 Å². The molecule has 1 fully saturated rings. The molecule has 1 amide bonds. The number of rotatable bonds is 6. The molecule has 0 spiro atoms. The van der Waals surface area contributed by atoms with Gasteiger partial charge in [0, 0.05) is 5.69 Å². The summed E-state index contributed by atoms with van der Waals surface area (Å²) in [5.41, 5.74) is 7.29. The van der Waals surface area contributed by atoms with Gasteiger partial charge in [0.1, 0.15) is 6.04 Å². The third kappa shape index (κ3) is 5.05. The second-order valence-corrected chi connectivity index (χ2v) is 6.17. The third-order valence-corrected chi connectivity index (χ3v) is 4.11. The van der Waals surface area contributed by atoms with Crippen LogP contribution in [0.25, 0.3) is 0 Å². The Balaban J connectivity index is 1.87. The molecule has 0 aromatic heterocycles. The number of benzene rings is 1. The number of ether oxygens (including phenoxy) is 1. The van der Waals surface area contributed by atoms with Crippen molar-refractivity contribution in [3.8, 4) is 0 Å². The fourth-order valence-corrected chi connectivity index (χ4v) is 2.82. The van der Waals surface area contributed by atoms with E-state index in [0.29, 0.717) is 12.7 Å². The molecule has 3 atom stereocenters. The Bertz CT molecular complexity index is 476. The fraction of sp³-hybridized carbons (Fsp3) is 0.588. The Hall–Kier alpha value is -1.55. The number of carbonyl (C=O) groups excluding carboxylic acids is 1. The summed E-state index contributed by atoms with van der Waals surface area (Å²) in [6.07, 6.45) is 5.31. The number of carbonyl (C=O) groups is 1. The Morgan fingerprint density at radius 1 is 1.48 bits per heavy atom. The van der Waals surface area contributed by atoms with Crippen molar-refractivity contribution in [2.45, 2.75) is 58.3 Å². The van der Waals surface area contributed by atoms with Crippen LogP contribution < -0.4 is 11.1 Å². The van der Waals surface area contributed by atoms with E-state index in [-0.39, 0.29) is 11.9 Å². The summed E-state index contributed by atoms with van der Waals surface area (Å²) in [6, 6.07) is 7.60. The molecule has 2 rings (SSSR count). The fourth-order valence-electron chi connectivity index (χ4n) is 2.82. The highest BCUT2D eigenvalue weighted by Crippen LogP contribution is 2.26. The topological polar surface area (TPSA) is 64.3 Å². The zero-order valence-corrected chi connectivity index (χ0v) is 13.0. The summed E-state index contributed by atoms with van der Waals surface area (Å²) in [4.78, 5) is 11.1. The molecule has 1 aliphatic carbocycles. The largest absolute Gasteiger partial charge is 0.374 e. The first-order valence-corrected chi connectivity index (χ1v) is 7.81. The minimum absolute atomic E-state index is 0.354. The Kier molecular flexibility index (Phi) is 5.62. The average Bonchev–Trinajstić information content (AvgIpc) is 2.45. The van der Waals surface area contributed by atoms with Gasteiger partial charge in [-0.15, -0.1) is 0 Å². The zero-order chi connectivity index (χ0) is 15.2. The van der Waals surface area contributed by atoms with Gasteiger partial charge in [-0.2, -0.15) is 0 Å². The Labute approximate surface area is 127 Å². The van der Waals surface area contributed by atoms with E-state index in [1.54, 1.807) is 6.92 Å². The normalized spacial score (nSPS) is 23.5. The van der Waals surface area contributed by atoms with E-state index in [2.05, 4.69) is 12.2 Å². The summed E-state index contributed by atoms with van der Waals surface area (Å²) in [6.45, 7) is 4.68. The summed E-state index contributed by atoms with van der Waals surface area (Å²) in [5, 5.41) is 3.10. The molecule has 0 heterocycles. The van der Waals surface area contributed by atoms with E-state index in [4.69, 9.17) is 10.5 Å². The third-order valence-electron chi connectivity index (χ3n) is 4.11. The zero-order valence-electron chi connectivity index (χ0n) is 13.0. The number of amides is 1. The van der Waals surface area contributed by atoms with Crippen LogP contribution in [0.3, 0.4) is 0 Å². The number of primary amides is 1. The lowest BCUT2D eigenvalue weighted by Crippen LogP contribution is -2.32. The van der Waals surface area contributed by atoms with Crippen LogP contribution in [-0.4, -0.2) is 18.1 Å². The molecular weight excluding hydrogens is 264 g/mol. The van der Waals surface area contributed by atoms with Crippen LogP contribution in [0.5, 0.6) is 0 Å². The molecule has 1 aromatic rings. The summed E-state index contributed by atoms with van der Waals surface area (Å²) < 4.78 is 6.03. The summed E-state index contributed by atoms with van der Waals surface area (Å²) in [7, 11) is 0. The number of hydrogen-bond donors (Lipinski definition) is 2. The minimum Gasteiger partial charge on any atom is -0.374 e. The number of anilines is 1. The molecule has 0 saturated heterocycles. The first-order chi connectivity index (χ1) is 10.0. The van der Waals surface area contributed by atoms with Crippen LogP contribution in [0.1, 0.15) is 45.1 Å². The van der Waals surface area contributed by atoms with Crippen molar-refractivity contribution in [3.63, 3.8) is 0 Å². The molecule has 21 heavy (non-hydrogen) atoms. The number of nitrogens with two attached hydrogens (primary N) is 1. The first kappa shape index (κ1) is 15.8. The maximum Gasteiger partial charge on any atom is 0.239 e. The van der Waals surface area contributed by atoms with Gasteiger partial charge in [0.2, 0.25) is 5.91 Å². The van der Waals surface area contributed by atoms with Crippen LogP contribution in [0.2, 0.25) is 0 Å². The Morgan fingerprint density at radius 3 is 3.00 bits per heavy atom. The van der Waals surface area contributed by atoms with E-state index in [1.165, 1.54) is 19.3 Å². The molecule has 3 N–H and O–H groups in total. The molecule has 4 heteroatoms. The molecule has 0 aliphatic heterocycles. The maximum absolute atomic E-state index is 11.1. The predicted octanol–water partition coefficient (Wildman–Crippen LogP) is 3.07. The van der Waals surface area contributed by atoms with Crippen LogP contribution in [-0.2, 0) is 16.1 Å². The lowest BCUT2D eigenvalue weighted by molar-refractivity contribution is -0.118. The molecule has 0 unspecified atom stereocenters. The van der Waals surface area contributed by atoms with Gasteiger partial charge in [0.25, 0.3) is 0 Å². The molecule has 1 aliphatic rings. The van der Waals surface area contributed by atoms with Crippen molar-refractivity contribution in [3.05, 3.63) is 29.8 Å². The first-order valence-electron chi connectivity index (χ1n) is 7.81. The van der Waals surface area contributed by atoms with Crippen molar-refractivity contribution < 1.29 is 9.53 Å². The molecule has 116 valence electrons. The van der Waals surface area contributed by atoms with Crippen LogP contribution in [0, 0.1) is 5.92 Å². The molecule has 0 bridgehead atoms. The highest BCUT2D eigenvalue weighted by atomic mass is 16.5. The number of hydrogen-bond acceptors (Lipinski definition) is 3. The second-order valence-electron chi connectivity index (χ2n) is 6.17. The van der Waals surface area contributed by atoms with Crippen molar-refractivity contribution in [2.75, 3.05) is 5.32 Å². The van der Waals surface area contributed by atoms with Gasteiger partial charge in [0.15, 0.2) is 0 Å². The van der Waals surface area contributed by atoms with Crippen molar-refractivity contribution in [1.82, 2.24) is 0 Å². The predicted molar refractivity (Wildman–Crippen MR) is 84.9 cm³/mol.